The van der Waals surface area contributed by atoms with Crippen LogP contribution in [0.5, 0.6) is 0 Å². The SMILES string of the molecule is CCCCC(=O)NCCc1csc2nc(-c3cccc(F)c3)nn12. The lowest BCUT2D eigenvalue weighted by molar-refractivity contribution is -0.121. The van der Waals surface area contributed by atoms with Gasteiger partial charge in [0.05, 0.1) is 5.69 Å². The summed E-state index contributed by atoms with van der Waals surface area (Å²) in [7, 11) is 0. The maximum absolute atomic E-state index is 13.3. The van der Waals surface area contributed by atoms with Crippen molar-refractivity contribution in [1.29, 1.82) is 0 Å². The summed E-state index contributed by atoms with van der Waals surface area (Å²) >= 11 is 1.49. The molecule has 0 fully saturated rings. The van der Waals surface area contributed by atoms with Gasteiger partial charge >= 0.3 is 0 Å². The molecule has 3 aromatic rings. The number of halogens is 1. The van der Waals surface area contributed by atoms with E-state index in [2.05, 4.69) is 22.3 Å². The summed E-state index contributed by atoms with van der Waals surface area (Å²) in [6, 6.07) is 6.25. The lowest BCUT2D eigenvalue weighted by Gasteiger charge is -2.03. The van der Waals surface area contributed by atoms with Crippen molar-refractivity contribution >= 4 is 22.2 Å². The second-order valence-electron chi connectivity index (χ2n) is 5.57. The summed E-state index contributed by atoms with van der Waals surface area (Å²) in [6.07, 6.45) is 3.18. The van der Waals surface area contributed by atoms with Crippen LogP contribution in [0.15, 0.2) is 29.6 Å². The summed E-state index contributed by atoms with van der Waals surface area (Å²) in [5, 5.41) is 9.38. The van der Waals surface area contributed by atoms with E-state index in [9.17, 15) is 9.18 Å². The molecule has 0 aliphatic heterocycles. The van der Waals surface area contributed by atoms with Crippen LogP contribution in [-0.4, -0.2) is 27.0 Å². The molecule has 1 amide bonds. The van der Waals surface area contributed by atoms with Gasteiger partial charge < -0.3 is 5.32 Å². The fourth-order valence-corrected chi connectivity index (χ4v) is 3.26. The highest BCUT2D eigenvalue weighted by molar-refractivity contribution is 7.15. The van der Waals surface area contributed by atoms with Crippen LogP contribution in [0.4, 0.5) is 4.39 Å². The van der Waals surface area contributed by atoms with E-state index in [1.807, 2.05) is 5.38 Å². The zero-order chi connectivity index (χ0) is 16.9. The van der Waals surface area contributed by atoms with Crippen molar-refractivity contribution in [2.45, 2.75) is 32.6 Å². The topological polar surface area (TPSA) is 59.3 Å². The smallest absolute Gasteiger partial charge is 0.220 e. The van der Waals surface area contributed by atoms with Gasteiger partial charge in [0.2, 0.25) is 10.9 Å². The molecule has 7 heteroatoms. The Morgan fingerprint density at radius 1 is 1.42 bits per heavy atom. The van der Waals surface area contributed by atoms with Crippen molar-refractivity contribution in [3.05, 3.63) is 41.2 Å². The van der Waals surface area contributed by atoms with E-state index in [0.717, 1.165) is 23.5 Å². The maximum atomic E-state index is 13.3. The predicted molar refractivity (Wildman–Crippen MR) is 92.5 cm³/mol. The molecule has 2 aromatic heterocycles. The molecule has 0 radical (unpaired) electrons. The molecule has 126 valence electrons. The first-order chi connectivity index (χ1) is 11.7. The summed E-state index contributed by atoms with van der Waals surface area (Å²) in [5.74, 6) is 0.289. The Morgan fingerprint density at radius 3 is 3.08 bits per heavy atom. The molecule has 0 aliphatic carbocycles. The Morgan fingerprint density at radius 2 is 2.29 bits per heavy atom. The fraction of sp³-hybridized carbons (Fsp3) is 0.353. The van der Waals surface area contributed by atoms with Crippen LogP contribution in [0.25, 0.3) is 16.3 Å². The number of amides is 1. The van der Waals surface area contributed by atoms with Gasteiger partial charge in [0, 0.05) is 30.3 Å². The van der Waals surface area contributed by atoms with Gasteiger partial charge in [-0.05, 0) is 18.6 Å². The molecule has 24 heavy (non-hydrogen) atoms. The molecule has 0 aliphatic rings. The highest BCUT2D eigenvalue weighted by atomic mass is 32.1. The van der Waals surface area contributed by atoms with Crippen molar-refractivity contribution in [1.82, 2.24) is 19.9 Å². The lowest BCUT2D eigenvalue weighted by Crippen LogP contribution is -2.25. The average molecular weight is 346 g/mol. The van der Waals surface area contributed by atoms with Crippen LogP contribution < -0.4 is 5.32 Å². The van der Waals surface area contributed by atoms with Gasteiger partial charge in [-0.25, -0.2) is 8.91 Å². The minimum atomic E-state index is -0.305. The highest BCUT2D eigenvalue weighted by Gasteiger charge is 2.12. The largest absolute Gasteiger partial charge is 0.356 e. The van der Waals surface area contributed by atoms with Gasteiger partial charge in [0.25, 0.3) is 0 Å². The number of nitrogens with zero attached hydrogens (tertiary/aromatic N) is 3. The number of fused-ring (bicyclic) bond motifs is 1. The number of unbranched alkanes of at least 4 members (excludes halogenated alkanes) is 1. The molecule has 1 aromatic carbocycles. The average Bonchev–Trinajstić information content (AvgIpc) is 3.14. The van der Waals surface area contributed by atoms with Crippen LogP contribution in [0, 0.1) is 5.82 Å². The summed E-state index contributed by atoms with van der Waals surface area (Å²) in [4.78, 5) is 16.8. The first-order valence-corrected chi connectivity index (χ1v) is 8.91. The molecule has 0 unspecified atom stereocenters. The van der Waals surface area contributed by atoms with E-state index in [-0.39, 0.29) is 11.7 Å². The highest BCUT2D eigenvalue weighted by Crippen LogP contribution is 2.21. The molecule has 0 saturated heterocycles. The quantitative estimate of drug-likeness (QED) is 0.713. The van der Waals surface area contributed by atoms with Crippen molar-refractivity contribution in [2.24, 2.45) is 0 Å². The van der Waals surface area contributed by atoms with E-state index in [4.69, 9.17) is 0 Å². The van der Waals surface area contributed by atoms with Gasteiger partial charge in [0.15, 0.2) is 5.82 Å². The molecule has 2 heterocycles. The Labute approximate surface area is 143 Å². The zero-order valence-corrected chi connectivity index (χ0v) is 14.3. The minimum Gasteiger partial charge on any atom is -0.356 e. The zero-order valence-electron chi connectivity index (χ0n) is 13.5. The molecule has 0 spiro atoms. The second kappa shape index (κ2) is 7.53. The number of benzene rings is 1. The molecule has 5 nitrogen and oxygen atoms in total. The first-order valence-electron chi connectivity index (χ1n) is 8.03. The summed E-state index contributed by atoms with van der Waals surface area (Å²) in [6.45, 7) is 2.64. The number of nitrogens with one attached hydrogen (secondary N) is 1. The van der Waals surface area contributed by atoms with E-state index in [1.165, 1.54) is 23.5 Å². The fourth-order valence-electron chi connectivity index (χ4n) is 2.40. The number of aromatic nitrogens is 3. The Bertz CT molecular complexity index is 842. The minimum absolute atomic E-state index is 0.0855. The number of hydrogen-bond donors (Lipinski definition) is 1. The first kappa shape index (κ1) is 16.6. The standard InChI is InChI=1S/C17H19FN4OS/c1-2-3-7-15(23)19-9-8-14-11-24-17-20-16(21-22(14)17)12-5-4-6-13(18)10-12/h4-6,10-11H,2-3,7-9H2,1H3,(H,19,23). The maximum Gasteiger partial charge on any atom is 0.220 e. The third-order valence-corrected chi connectivity index (χ3v) is 4.56. The third-order valence-electron chi connectivity index (χ3n) is 3.69. The number of carbonyl (C=O) groups excluding carboxylic acids is 1. The number of hydrogen-bond acceptors (Lipinski definition) is 4. The molecular formula is C17H19FN4OS. The Hall–Kier alpha value is -2.28. The van der Waals surface area contributed by atoms with Crippen molar-refractivity contribution < 1.29 is 9.18 Å². The Kier molecular flexibility index (Phi) is 5.20. The van der Waals surface area contributed by atoms with E-state index in [0.29, 0.717) is 30.8 Å². The summed E-state index contributed by atoms with van der Waals surface area (Å²) in [5.41, 5.74) is 1.64. The molecule has 0 atom stereocenters. The van der Waals surface area contributed by atoms with Crippen LogP contribution in [0.2, 0.25) is 0 Å². The normalized spacial score (nSPS) is 11.1. The monoisotopic (exact) mass is 346 g/mol. The molecular weight excluding hydrogens is 327 g/mol. The lowest BCUT2D eigenvalue weighted by atomic mass is 10.2. The third kappa shape index (κ3) is 3.79. The van der Waals surface area contributed by atoms with E-state index < -0.39 is 0 Å². The van der Waals surface area contributed by atoms with Crippen molar-refractivity contribution in [3.8, 4) is 11.4 Å². The van der Waals surface area contributed by atoms with Gasteiger partial charge in [0.1, 0.15) is 5.82 Å². The van der Waals surface area contributed by atoms with Crippen molar-refractivity contribution in [2.75, 3.05) is 6.54 Å². The molecule has 0 bridgehead atoms. The van der Waals surface area contributed by atoms with Crippen LogP contribution >= 0.6 is 11.3 Å². The summed E-state index contributed by atoms with van der Waals surface area (Å²) < 4.78 is 15.1. The van der Waals surface area contributed by atoms with Gasteiger partial charge in [-0.1, -0.05) is 25.5 Å². The van der Waals surface area contributed by atoms with E-state index in [1.54, 1.807) is 16.6 Å². The molecule has 0 saturated carbocycles. The van der Waals surface area contributed by atoms with Crippen LogP contribution in [-0.2, 0) is 11.2 Å². The number of carbonyl (C=O) groups is 1. The van der Waals surface area contributed by atoms with Gasteiger partial charge in [-0.15, -0.1) is 16.4 Å². The van der Waals surface area contributed by atoms with Crippen LogP contribution in [0.1, 0.15) is 31.9 Å². The van der Waals surface area contributed by atoms with Gasteiger partial charge in [-0.2, -0.15) is 4.98 Å². The van der Waals surface area contributed by atoms with Crippen LogP contribution in [0.3, 0.4) is 0 Å². The Balaban J connectivity index is 1.68. The van der Waals surface area contributed by atoms with E-state index >= 15 is 0 Å². The molecule has 1 N–H and O–H groups in total. The number of thiazole rings is 1. The van der Waals surface area contributed by atoms with Gasteiger partial charge in [-0.3, -0.25) is 4.79 Å². The molecule has 3 rings (SSSR count). The number of rotatable bonds is 7. The second-order valence-corrected chi connectivity index (χ2v) is 6.41. The predicted octanol–water partition coefficient (Wildman–Crippen LogP) is 3.45. The van der Waals surface area contributed by atoms with Crippen molar-refractivity contribution in [3.63, 3.8) is 0 Å².